The highest BCUT2D eigenvalue weighted by Gasteiger charge is 2.36. The molecule has 1 rings (SSSR count). The summed E-state index contributed by atoms with van der Waals surface area (Å²) in [6.45, 7) is 7.03. The number of benzene rings is 1. The van der Waals surface area contributed by atoms with Crippen molar-refractivity contribution in [2.24, 2.45) is 11.7 Å². The molecular weight excluding hydrogens is 270 g/mol. The van der Waals surface area contributed by atoms with Crippen LogP contribution >= 0.6 is 0 Å². The van der Waals surface area contributed by atoms with Crippen LogP contribution in [0.1, 0.15) is 31.9 Å². The summed E-state index contributed by atoms with van der Waals surface area (Å²) >= 11 is 0. The molecule has 0 fully saturated rings. The largest absolute Gasteiger partial charge is 0.481 e. The van der Waals surface area contributed by atoms with E-state index in [0.717, 1.165) is 11.1 Å². The lowest BCUT2D eigenvalue weighted by atomic mass is 9.93. The zero-order valence-electron chi connectivity index (χ0n) is 12.9. The van der Waals surface area contributed by atoms with Crippen molar-refractivity contribution in [3.63, 3.8) is 0 Å². The van der Waals surface area contributed by atoms with Gasteiger partial charge in [-0.05, 0) is 39.7 Å². The molecule has 5 nitrogen and oxygen atoms in total. The van der Waals surface area contributed by atoms with E-state index in [1.165, 1.54) is 0 Å². The van der Waals surface area contributed by atoms with E-state index >= 15 is 0 Å². The highest BCUT2D eigenvalue weighted by atomic mass is 16.6. The topological polar surface area (TPSA) is 89.6 Å². The SMILES string of the molecule is Cc1ccc(C[C@H](N)[C@H](C(=O)O)C(=O)OC(C)(C)C)cc1. The number of hydrogen-bond acceptors (Lipinski definition) is 4. The van der Waals surface area contributed by atoms with Crippen molar-refractivity contribution in [2.75, 3.05) is 0 Å². The Hall–Kier alpha value is -1.88. The molecule has 0 radical (unpaired) electrons. The first-order valence-electron chi connectivity index (χ1n) is 6.87. The molecule has 2 atom stereocenters. The van der Waals surface area contributed by atoms with Crippen LogP contribution in [0.3, 0.4) is 0 Å². The van der Waals surface area contributed by atoms with Crippen molar-refractivity contribution in [1.29, 1.82) is 0 Å². The van der Waals surface area contributed by atoms with Crippen LogP contribution in [0.2, 0.25) is 0 Å². The smallest absolute Gasteiger partial charge is 0.322 e. The van der Waals surface area contributed by atoms with Crippen LogP contribution in [0, 0.1) is 12.8 Å². The first-order chi connectivity index (χ1) is 9.60. The van der Waals surface area contributed by atoms with Crippen LogP contribution in [0.15, 0.2) is 24.3 Å². The van der Waals surface area contributed by atoms with Crippen LogP contribution in [0.4, 0.5) is 0 Å². The molecule has 0 saturated carbocycles. The van der Waals surface area contributed by atoms with Gasteiger partial charge in [-0.1, -0.05) is 29.8 Å². The minimum Gasteiger partial charge on any atom is -0.481 e. The molecule has 1 aromatic rings. The van der Waals surface area contributed by atoms with Crippen molar-refractivity contribution in [3.8, 4) is 0 Å². The summed E-state index contributed by atoms with van der Waals surface area (Å²) in [4.78, 5) is 23.3. The predicted molar refractivity (Wildman–Crippen MR) is 79.8 cm³/mol. The summed E-state index contributed by atoms with van der Waals surface area (Å²) in [6.07, 6.45) is 0.302. The second-order valence-electron chi connectivity index (χ2n) is 6.20. The van der Waals surface area contributed by atoms with Crippen LogP contribution < -0.4 is 5.73 Å². The molecule has 0 aliphatic heterocycles. The normalized spacial score (nSPS) is 14.3. The van der Waals surface area contributed by atoms with Gasteiger partial charge in [-0.2, -0.15) is 0 Å². The molecule has 3 N–H and O–H groups in total. The summed E-state index contributed by atoms with van der Waals surface area (Å²) in [6, 6.07) is 6.77. The predicted octanol–water partition coefficient (Wildman–Crippen LogP) is 1.91. The average Bonchev–Trinajstić information content (AvgIpc) is 2.29. The fourth-order valence-electron chi connectivity index (χ4n) is 1.94. The third kappa shape index (κ3) is 5.55. The van der Waals surface area contributed by atoms with Gasteiger partial charge in [0.25, 0.3) is 0 Å². The molecule has 0 bridgehead atoms. The first-order valence-corrected chi connectivity index (χ1v) is 6.87. The number of aryl methyl sites for hydroxylation is 1. The van der Waals surface area contributed by atoms with Crippen LogP contribution in [0.25, 0.3) is 0 Å². The van der Waals surface area contributed by atoms with Crippen LogP contribution in [0.5, 0.6) is 0 Å². The Labute approximate surface area is 125 Å². The van der Waals surface area contributed by atoms with E-state index in [2.05, 4.69) is 0 Å². The highest BCUT2D eigenvalue weighted by Crippen LogP contribution is 2.16. The molecule has 0 spiro atoms. The lowest BCUT2D eigenvalue weighted by molar-refractivity contribution is -0.167. The minimum atomic E-state index is -1.37. The Morgan fingerprint density at radius 1 is 1.24 bits per heavy atom. The van der Waals surface area contributed by atoms with Gasteiger partial charge in [-0.15, -0.1) is 0 Å². The zero-order chi connectivity index (χ0) is 16.2. The maximum atomic E-state index is 12.0. The van der Waals surface area contributed by atoms with E-state index in [-0.39, 0.29) is 0 Å². The number of ether oxygens (including phenoxy) is 1. The molecule has 21 heavy (non-hydrogen) atoms. The standard InChI is InChI=1S/C16H23NO4/c1-10-5-7-11(8-6-10)9-12(17)13(14(18)19)15(20)21-16(2,3)4/h5-8,12-13H,9,17H2,1-4H3,(H,18,19)/t12-,13+/m0/s1. The second-order valence-corrected chi connectivity index (χ2v) is 6.20. The Balaban J connectivity index is 2.82. The van der Waals surface area contributed by atoms with Crippen molar-refractivity contribution in [1.82, 2.24) is 0 Å². The number of hydrogen-bond donors (Lipinski definition) is 2. The van der Waals surface area contributed by atoms with Gasteiger partial charge in [0.05, 0.1) is 0 Å². The highest BCUT2D eigenvalue weighted by molar-refractivity contribution is 5.95. The lowest BCUT2D eigenvalue weighted by Gasteiger charge is -2.25. The van der Waals surface area contributed by atoms with Crippen molar-refractivity contribution in [3.05, 3.63) is 35.4 Å². The monoisotopic (exact) mass is 293 g/mol. The van der Waals surface area contributed by atoms with Crippen LogP contribution in [-0.4, -0.2) is 28.7 Å². The number of rotatable bonds is 5. The minimum absolute atomic E-state index is 0.302. The second kappa shape index (κ2) is 6.72. The molecule has 0 aromatic heterocycles. The van der Waals surface area contributed by atoms with Crippen molar-refractivity contribution < 1.29 is 19.4 Å². The maximum absolute atomic E-state index is 12.0. The zero-order valence-corrected chi connectivity index (χ0v) is 12.9. The van der Waals surface area contributed by atoms with E-state index in [1.807, 2.05) is 31.2 Å². The number of carbonyl (C=O) groups is 2. The van der Waals surface area contributed by atoms with Gasteiger partial charge in [0.2, 0.25) is 0 Å². The summed E-state index contributed by atoms with van der Waals surface area (Å²) in [5, 5.41) is 9.25. The van der Waals surface area contributed by atoms with E-state index in [1.54, 1.807) is 20.8 Å². The number of esters is 1. The van der Waals surface area contributed by atoms with Gasteiger partial charge in [0, 0.05) is 6.04 Å². The first kappa shape index (κ1) is 17.2. The average molecular weight is 293 g/mol. The molecule has 5 heteroatoms. The third-order valence-electron chi connectivity index (χ3n) is 2.95. The Bertz CT molecular complexity index is 502. The number of aliphatic carboxylic acids is 1. The van der Waals surface area contributed by atoms with Crippen LogP contribution in [-0.2, 0) is 20.7 Å². The summed E-state index contributed by atoms with van der Waals surface area (Å²) in [5.74, 6) is -3.43. The van der Waals surface area contributed by atoms with E-state index < -0.39 is 29.5 Å². The van der Waals surface area contributed by atoms with E-state index in [4.69, 9.17) is 10.5 Å². The number of carboxylic acids is 1. The molecule has 0 amide bonds. The Kier molecular flexibility index (Phi) is 5.49. The van der Waals surface area contributed by atoms with Gasteiger partial charge in [0.1, 0.15) is 5.60 Å². The van der Waals surface area contributed by atoms with Gasteiger partial charge in [0.15, 0.2) is 5.92 Å². The Morgan fingerprint density at radius 2 is 1.76 bits per heavy atom. The molecule has 0 unspecified atom stereocenters. The summed E-state index contributed by atoms with van der Waals surface area (Å²) < 4.78 is 5.14. The fraction of sp³-hybridized carbons (Fsp3) is 0.500. The molecule has 116 valence electrons. The van der Waals surface area contributed by atoms with E-state index in [0.29, 0.717) is 6.42 Å². The summed E-state index contributed by atoms with van der Waals surface area (Å²) in [7, 11) is 0. The van der Waals surface area contributed by atoms with Crippen molar-refractivity contribution >= 4 is 11.9 Å². The molecule has 1 aromatic carbocycles. The fourth-order valence-corrected chi connectivity index (χ4v) is 1.94. The maximum Gasteiger partial charge on any atom is 0.322 e. The third-order valence-corrected chi connectivity index (χ3v) is 2.95. The molecule has 0 aliphatic carbocycles. The van der Waals surface area contributed by atoms with Gasteiger partial charge in [-0.3, -0.25) is 9.59 Å². The molecule has 0 heterocycles. The number of carboxylic acid groups (broad SMARTS) is 1. The lowest BCUT2D eigenvalue weighted by Crippen LogP contribution is -2.45. The number of nitrogens with two attached hydrogens (primary N) is 1. The van der Waals surface area contributed by atoms with Crippen molar-refractivity contribution in [2.45, 2.75) is 45.8 Å². The Morgan fingerprint density at radius 3 is 2.19 bits per heavy atom. The molecule has 0 aliphatic rings. The van der Waals surface area contributed by atoms with E-state index in [9.17, 15) is 14.7 Å². The molecular formula is C16H23NO4. The van der Waals surface area contributed by atoms with Gasteiger partial charge < -0.3 is 15.6 Å². The summed E-state index contributed by atoms with van der Waals surface area (Å²) in [5.41, 5.74) is 7.18. The quantitative estimate of drug-likeness (QED) is 0.639. The number of carbonyl (C=O) groups excluding carboxylic acids is 1. The van der Waals surface area contributed by atoms with Gasteiger partial charge in [-0.25, -0.2) is 0 Å². The van der Waals surface area contributed by atoms with Gasteiger partial charge >= 0.3 is 11.9 Å². The molecule has 0 saturated heterocycles.